The van der Waals surface area contributed by atoms with E-state index in [0.717, 1.165) is 56.8 Å². The topological polar surface area (TPSA) is 80.5 Å². The van der Waals surface area contributed by atoms with E-state index in [2.05, 4.69) is 66.1 Å². The molecule has 4 aromatic heterocycles. The Morgan fingerprint density at radius 1 is 1.22 bits per heavy atom. The number of nitrogens with one attached hydrogen (secondary N) is 2. The van der Waals surface area contributed by atoms with Gasteiger partial charge in [-0.1, -0.05) is 11.8 Å². The van der Waals surface area contributed by atoms with Crippen LogP contribution in [0.5, 0.6) is 0 Å². The second kappa shape index (κ2) is 8.31. The number of nitrogens with zero attached hydrogens (tertiary/aromatic N) is 5. The highest BCUT2D eigenvalue weighted by molar-refractivity contribution is 7.17. The Morgan fingerprint density at radius 3 is 3.09 bits per heavy atom. The number of hydrogen-bond donors (Lipinski definition) is 2. The predicted molar refractivity (Wildman–Crippen MR) is 130 cm³/mol. The minimum Gasteiger partial charge on any atom is -0.340 e. The number of hydrogen-bond acceptors (Lipinski definition) is 8. The van der Waals surface area contributed by atoms with E-state index in [1.54, 1.807) is 29.0 Å². The molecule has 2 N–H and O–H groups in total. The molecule has 9 heteroatoms. The molecule has 6 rings (SSSR count). The maximum absolute atomic E-state index is 4.54. The predicted octanol–water partition coefficient (Wildman–Crippen LogP) is 4.39. The molecule has 1 atom stereocenters. The van der Waals surface area contributed by atoms with Crippen LogP contribution in [-0.4, -0.2) is 37.3 Å². The molecule has 5 heterocycles. The first kappa shape index (κ1) is 19.4. The lowest BCUT2D eigenvalue weighted by Crippen LogP contribution is -2.18. The molecule has 1 saturated heterocycles. The normalized spacial score (nSPS) is 15.8. The van der Waals surface area contributed by atoms with Crippen LogP contribution in [0, 0.1) is 11.8 Å². The summed E-state index contributed by atoms with van der Waals surface area (Å²) in [6.45, 7) is 1.71. The van der Waals surface area contributed by atoms with Gasteiger partial charge in [-0.2, -0.15) is 5.10 Å². The first-order valence-electron chi connectivity index (χ1n) is 10.4. The van der Waals surface area contributed by atoms with E-state index in [-0.39, 0.29) is 6.04 Å². The molecule has 7 nitrogen and oxygen atoms in total. The van der Waals surface area contributed by atoms with Gasteiger partial charge in [-0.25, -0.2) is 15.0 Å². The number of thiazole rings is 1. The number of anilines is 2. The summed E-state index contributed by atoms with van der Waals surface area (Å²) < 4.78 is 1.97. The SMILES string of the molecule is C(#C[C@H]1CCCN1)c1csc2ncnc(Nc3ccc4c(cnn4Cc4cscn4)c3)c12. The van der Waals surface area contributed by atoms with Crippen molar-refractivity contribution in [3.05, 3.63) is 58.3 Å². The Morgan fingerprint density at radius 2 is 2.22 bits per heavy atom. The molecule has 1 aliphatic rings. The molecule has 158 valence electrons. The van der Waals surface area contributed by atoms with Crippen molar-refractivity contribution in [3.8, 4) is 11.8 Å². The molecular formula is C23H19N7S2. The fourth-order valence-electron chi connectivity index (χ4n) is 3.93. The number of thiophene rings is 1. The lowest BCUT2D eigenvalue weighted by atomic mass is 10.2. The third kappa shape index (κ3) is 3.73. The molecule has 0 unspecified atom stereocenters. The number of fused-ring (bicyclic) bond motifs is 2. The van der Waals surface area contributed by atoms with Crippen LogP contribution in [0.2, 0.25) is 0 Å². The van der Waals surface area contributed by atoms with Crippen LogP contribution in [0.1, 0.15) is 24.1 Å². The van der Waals surface area contributed by atoms with E-state index in [1.165, 1.54) is 6.42 Å². The summed E-state index contributed by atoms with van der Waals surface area (Å²) >= 11 is 3.19. The molecule has 5 aromatic rings. The average molecular weight is 458 g/mol. The van der Waals surface area contributed by atoms with Crippen LogP contribution in [-0.2, 0) is 6.54 Å². The van der Waals surface area contributed by atoms with Gasteiger partial charge in [0.05, 0.1) is 40.9 Å². The van der Waals surface area contributed by atoms with Gasteiger partial charge in [-0.3, -0.25) is 4.68 Å². The van der Waals surface area contributed by atoms with Crippen LogP contribution in [0.25, 0.3) is 21.1 Å². The van der Waals surface area contributed by atoms with E-state index in [0.29, 0.717) is 6.54 Å². The molecule has 1 aliphatic heterocycles. The van der Waals surface area contributed by atoms with E-state index < -0.39 is 0 Å². The van der Waals surface area contributed by atoms with Crippen molar-refractivity contribution < 1.29 is 0 Å². The Labute approximate surface area is 192 Å². The van der Waals surface area contributed by atoms with Gasteiger partial charge in [-0.15, -0.1) is 22.7 Å². The zero-order valence-electron chi connectivity index (χ0n) is 17.1. The van der Waals surface area contributed by atoms with E-state index >= 15 is 0 Å². The van der Waals surface area contributed by atoms with Gasteiger partial charge in [-0.05, 0) is 37.6 Å². The monoisotopic (exact) mass is 457 g/mol. The number of rotatable bonds is 4. The van der Waals surface area contributed by atoms with Crippen LogP contribution in [0.15, 0.2) is 47.0 Å². The number of benzene rings is 1. The Kier molecular flexibility index (Phi) is 5.03. The quantitative estimate of drug-likeness (QED) is 0.390. The highest BCUT2D eigenvalue weighted by Crippen LogP contribution is 2.31. The van der Waals surface area contributed by atoms with Crippen molar-refractivity contribution in [3.63, 3.8) is 0 Å². The minimum atomic E-state index is 0.272. The Bertz CT molecular complexity index is 1450. The summed E-state index contributed by atoms with van der Waals surface area (Å²) in [5.74, 6) is 7.48. The first-order valence-corrected chi connectivity index (χ1v) is 12.2. The summed E-state index contributed by atoms with van der Waals surface area (Å²) in [7, 11) is 0. The second-order valence-electron chi connectivity index (χ2n) is 7.65. The van der Waals surface area contributed by atoms with Gasteiger partial charge in [0.2, 0.25) is 0 Å². The highest BCUT2D eigenvalue weighted by atomic mass is 32.1. The summed E-state index contributed by atoms with van der Waals surface area (Å²) in [6.07, 6.45) is 5.77. The zero-order chi connectivity index (χ0) is 21.3. The third-order valence-electron chi connectivity index (χ3n) is 5.51. The Hall–Kier alpha value is -3.32. The highest BCUT2D eigenvalue weighted by Gasteiger charge is 2.13. The van der Waals surface area contributed by atoms with Gasteiger partial charge in [0, 0.05) is 27.4 Å². The molecule has 0 saturated carbocycles. The molecule has 0 radical (unpaired) electrons. The molecule has 0 amide bonds. The van der Waals surface area contributed by atoms with Gasteiger partial charge < -0.3 is 10.6 Å². The van der Waals surface area contributed by atoms with Crippen molar-refractivity contribution in [1.82, 2.24) is 30.0 Å². The largest absolute Gasteiger partial charge is 0.340 e. The lowest BCUT2D eigenvalue weighted by Gasteiger charge is -2.08. The molecule has 1 fully saturated rings. The van der Waals surface area contributed by atoms with E-state index in [9.17, 15) is 0 Å². The van der Waals surface area contributed by atoms with Gasteiger partial charge >= 0.3 is 0 Å². The lowest BCUT2D eigenvalue weighted by molar-refractivity contribution is 0.700. The molecular weight excluding hydrogens is 438 g/mol. The summed E-state index contributed by atoms with van der Waals surface area (Å²) in [6, 6.07) is 6.49. The fourth-order valence-corrected chi connectivity index (χ4v) is 5.32. The Balaban J connectivity index is 1.31. The fraction of sp³-hybridized carbons (Fsp3) is 0.217. The third-order valence-corrected chi connectivity index (χ3v) is 7.03. The molecule has 0 bridgehead atoms. The smallest absolute Gasteiger partial charge is 0.143 e. The van der Waals surface area contributed by atoms with Gasteiger partial charge in [0.25, 0.3) is 0 Å². The zero-order valence-corrected chi connectivity index (χ0v) is 18.7. The van der Waals surface area contributed by atoms with Crippen LogP contribution < -0.4 is 10.6 Å². The standard InChI is InChI=1S/C23H19N7S2/c1-2-17(24-7-1)4-3-15-11-32-23-21(15)22(25-13-26-23)29-18-5-6-20-16(8-18)9-28-30(20)10-19-12-31-14-27-19/h5-6,8-9,11-14,17,24H,1-2,7,10H2,(H,25,26,29)/t17-/m1/s1. The van der Waals surface area contributed by atoms with Crippen molar-refractivity contribution in [2.24, 2.45) is 0 Å². The van der Waals surface area contributed by atoms with Crippen LogP contribution >= 0.6 is 22.7 Å². The minimum absolute atomic E-state index is 0.272. The van der Waals surface area contributed by atoms with Crippen LogP contribution in [0.4, 0.5) is 11.5 Å². The van der Waals surface area contributed by atoms with Crippen molar-refractivity contribution >= 4 is 55.3 Å². The second-order valence-corrected chi connectivity index (χ2v) is 9.23. The van der Waals surface area contributed by atoms with Crippen molar-refractivity contribution in [2.45, 2.75) is 25.4 Å². The molecule has 32 heavy (non-hydrogen) atoms. The maximum atomic E-state index is 4.54. The molecule has 0 aliphatic carbocycles. The summed E-state index contributed by atoms with van der Waals surface area (Å²) in [5, 5.41) is 17.6. The molecule has 1 aromatic carbocycles. The van der Waals surface area contributed by atoms with Gasteiger partial charge in [0.1, 0.15) is 17.0 Å². The van der Waals surface area contributed by atoms with E-state index in [1.807, 2.05) is 21.8 Å². The van der Waals surface area contributed by atoms with Gasteiger partial charge in [0.15, 0.2) is 0 Å². The summed E-state index contributed by atoms with van der Waals surface area (Å²) in [4.78, 5) is 14.3. The average Bonchev–Trinajstić information content (AvgIpc) is 3.61. The van der Waals surface area contributed by atoms with E-state index in [4.69, 9.17) is 0 Å². The maximum Gasteiger partial charge on any atom is 0.143 e. The van der Waals surface area contributed by atoms with Crippen molar-refractivity contribution in [1.29, 1.82) is 0 Å². The molecule has 0 spiro atoms. The number of aromatic nitrogens is 5. The first-order chi connectivity index (χ1) is 15.8. The summed E-state index contributed by atoms with van der Waals surface area (Å²) in [5.41, 5.74) is 5.86. The van der Waals surface area contributed by atoms with Crippen LogP contribution in [0.3, 0.4) is 0 Å². The van der Waals surface area contributed by atoms with Crippen molar-refractivity contribution in [2.75, 3.05) is 11.9 Å².